The van der Waals surface area contributed by atoms with Gasteiger partial charge in [0.25, 0.3) is 0 Å². The quantitative estimate of drug-likeness (QED) is 0.320. The standard InChI is InChI=1S/Ca.Mg.H3O4P.Y.4H/c;;1-5(2,3)4;;;;;/h;;(H3,1,2,3,4);;;;;/q;;;+3;;;;/p-3. The third-order valence-corrected chi connectivity index (χ3v) is 0. The predicted molar refractivity (Wildman–Crippen MR) is 24.7 cm³/mol. The van der Waals surface area contributed by atoms with Gasteiger partial charge in [-0.25, -0.2) is 0 Å². The Labute approximate surface area is 118 Å². The van der Waals surface area contributed by atoms with Crippen molar-refractivity contribution in [2.45, 2.75) is 0 Å². The Kier molecular flexibility index (Phi) is 28.8. The molecule has 0 amide bonds. The van der Waals surface area contributed by atoms with Crippen LogP contribution in [0.3, 0.4) is 0 Å². The van der Waals surface area contributed by atoms with Gasteiger partial charge in [0, 0.05) is 0 Å². The monoisotopic (exact) mass is 252 g/mol. The van der Waals surface area contributed by atoms with Crippen molar-refractivity contribution >= 4 is 68.6 Å². The summed E-state index contributed by atoms with van der Waals surface area (Å²) in [5.41, 5.74) is 0. The maximum atomic E-state index is 8.55. The molecule has 0 rings (SSSR count). The van der Waals surface area contributed by atoms with Gasteiger partial charge in [-0.2, -0.15) is 7.82 Å². The summed E-state index contributed by atoms with van der Waals surface area (Å²) in [6.07, 6.45) is 0. The molecule has 0 aliphatic rings. The van der Waals surface area contributed by atoms with Crippen LogP contribution in [0.4, 0.5) is 0 Å². The second kappa shape index (κ2) is 10.2. The molecule has 0 aromatic heterocycles. The zero-order chi connectivity index (χ0) is 4.50. The van der Waals surface area contributed by atoms with Crippen LogP contribution in [0.25, 0.3) is 0 Å². The van der Waals surface area contributed by atoms with E-state index in [0.717, 1.165) is 0 Å². The molecule has 0 saturated heterocycles. The maximum absolute atomic E-state index is 8.55. The van der Waals surface area contributed by atoms with E-state index in [9.17, 15) is 0 Å². The summed E-state index contributed by atoms with van der Waals surface area (Å²) in [7, 11) is -5.39. The first-order chi connectivity index (χ1) is 2.00. The zero-order valence-electron chi connectivity index (χ0n) is 2.66. The van der Waals surface area contributed by atoms with Crippen molar-refractivity contribution in [2.75, 3.05) is 0 Å². The van der Waals surface area contributed by atoms with E-state index in [-0.39, 0.29) is 93.5 Å². The molecule has 0 saturated carbocycles. The molecule has 4 nitrogen and oxygen atoms in total. The van der Waals surface area contributed by atoms with Gasteiger partial charge in [0.05, 0.1) is 0 Å². The second-order valence-corrected chi connectivity index (χ2v) is 1.34. The third-order valence-electron chi connectivity index (χ3n) is 0. The number of hydrogen-bond donors (Lipinski definition) is 0. The molecule has 0 radical (unpaired) electrons. The molecule has 0 aliphatic carbocycles. The fraction of sp³-hybridized carbons (Fsp3) is 0. The number of hydrogen-bond acceptors (Lipinski definition) is 4. The Hall–Kier alpha value is 3.24. The van der Waals surface area contributed by atoms with E-state index in [1.165, 1.54) is 0 Å². The SMILES string of the molecule is O=P([O-])([O-])[O-].[CaH2].[MgH2].[Y+3]. The van der Waals surface area contributed by atoms with Gasteiger partial charge >= 0.3 is 93.5 Å². The van der Waals surface area contributed by atoms with Crippen molar-refractivity contribution in [3.8, 4) is 0 Å². The Morgan fingerprint density at radius 1 is 1.12 bits per heavy atom. The van der Waals surface area contributed by atoms with Crippen molar-refractivity contribution in [3.05, 3.63) is 0 Å². The van der Waals surface area contributed by atoms with Crippen molar-refractivity contribution < 1.29 is 52.0 Å². The third kappa shape index (κ3) is 59.8. The van der Waals surface area contributed by atoms with E-state index >= 15 is 0 Å². The van der Waals surface area contributed by atoms with Crippen LogP contribution in [0.5, 0.6) is 0 Å². The summed E-state index contributed by atoms with van der Waals surface area (Å²) in [6.45, 7) is 0. The fourth-order valence-corrected chi connectivity index (χ4v) is 0. The van der Waals surface area contributed by atoms with Crippen LogP contribution < -0.4 is 14.7 Å². The van der Waals surface area contributed by atoms with Crippen LogP contribution in [0.15, 0.2) is 0 Å². The molecular formula is H4CaMgO4PY. The second-order valence-electron chi connectivity index (χ2n) is 0.447. The minimum Gasteiger partial charge on any atom is 0.316 e. The maximum Gasteiger partial charge on any atom is 3.00 e. The van der Waals surface area contributed by atoms with E-state index in [2.05, 4.69) is 0 Å². The van der Waals surface area contributed by atoms with Gasteiger partial charge in [0.15, 0.2) is 0 Å². The minimum absolute atomic E-state index is 0. The Morgan fingerprint density at radius 3 is 1.12 bits per heavy atom. The summed E-state index contributed by atoms with van der Waals surface area (Å²) < 4.78 is 8.55. The number of rotatable bonds is 0. The predicted octanol–water partition coefficient (Wildman–Crippen LogP) is -4.66. The Balaban J connectivity index is -0.0000000267. The first kappa shape index (κ1) is 22.5. The minimum atomic E-state index is -5.39. The van der Waals surface area contributed by atoms with Gasteiger partial charge in [-0.05, 0) is 0 Å². The largest absolute Gasteiger partial charge is 3.00 e. The molecule has 0 unspecified atom stereocenters. The van der Waals surface area contributed by atoms with Gasteiger partial charge < -0.3 is 19.2 Å². The van der Waals surface area contributed by atoms with E-state index in [1.54, 1.807) is 0 Å². The smallest absolute Gasteiger partial charge is 0.316 e. The topological polar surface area (TPSA) is 86.2 Å². The van der Waals surface area contributed by atoms with Crippen LogP contribution in [0.2, 0.25) is 0 Å². The Morgan fingerprint density at radius 2 is 1.12 bits per heavy atom. The van der Waals surface area contributed by atoms with Crippen molar-refractivity contribution in [1.82, 2.24) is 0 Å². The summed E-state index contributed by atoms with van der Waals surface area (Å²) in [6, 6.07) is 0. The number of phosphoric acid groups is 1. The van der Waals surface area contributed by atoms with Crippen LogP contribution in [0.1, 0.15) is 0 Å². The molecule has 8 heteroatoms. The summed E-state index contributed by atoms with van der Waals surface area (Å²) in [5, 5.41) is 0. The molecule has 0 atom stereocenters. The molecular weight excluding hydrogens is 248 g/mol. The van der Waals surface area contributed by atoms with E-state index in [4.69, 9.17) is 19.2 Å². The van der Waals surface area contributed by atoms with Crippen LogP contribution in [0, 0.1) is 0 Å². The molecule has 0 fully saturated rings. The van der Waals surface area contributed by atoms with E-state index in [0.29, 0.717) is 0 Å². The molecule has 0 bridgehead atoms. The van der Waals surface area contributed by atoms with Gasteiger partial charge in [-0.1, -0.05) is 0 Å². The van der Waals surface area contributed by atoms with Crippen LogP contribution in [-0.2, 0) is 37.3 Å². The molecule has 0 aromatic rings. The van der Waals surface area contributed by atoms with Gasteiger partial charge in [0.1, 0.15) is 0 Å². The molecule has 0 spiro atoms. The Bertz CT molecular complexity index is 62.2. The first-order valence-electron chi connectivity index (χ1n) is 0.730. The van der Waals surface area contributed by atoms with Gasteiger partial charge in [0.2, 0.25) is 0 Å². The average Bonchev–Trinajstić information content (AvgIpc) is 0.722. The van der Waals surface area contributed by atoms with E-state index in [1.807, 2.05) is 0 Å². The van der Waals surface area contributed by atoms with Crippen molar-refractivity contribution in [3.63, 3.8) is 0 Å². The van der Waals surface area contributed by atoms with Crippen LogP contribution in [-0.4, -0.2) is 60.8 Å². The van der Waals surface area contributed by atoms with Crippen molar-refractivity contribution in [2.24, 2.45) is 0 Å². The molecule has 0 heterocycles. The van der Waals surface area contributed by atoms with Gasteiger partial charge in [-0.15, -0.1) is 0 Å². The normalized spacial score (nSPS) is 7.38. The molecule has 0 aliphatic heterocycles. The van der Waals surface area contributed by atoms with Crippen molar-refractivity contribution in [1.29, 1.82) is 0 Å². The van der Waals surface area contributed by atoms with Gasteiger partial charge in [-0.3, -0.25) is 0 Å². The molecule has 8 heavy (non-hydrogen) atoms. The van der Waals surface area contributed by atoms with Crippen LogP contribution >= 0.6 is 7.82 Å². The fourth-order valence-electron chi connectivity index (χ4n) is 0. The zero-order valence-corrected chi connectivity index (χ0v) is 6.39. The molecule has 40 valence electrons. The first-order valence-corrected chi connectivity index (χ1v) is 2.19. The summed E-state index contributed by atoms with van der Waals surface area (Å²) in [5.74, 6) is 0. The molecule has 0 aromatic carbocycles. The summed E-state index contributed by atoms with van der Waals surface area (Å²) >= 11 is 0. The molecule has 0 N–H and O–H groups in total. The summed E-state index contributed by atoms with van der Waals surface area (Å²) in [4.78, 5) is 25.6. The average molecular weight is 252 g/mol. The van der Waals surface area contributed by atoms with E-state index < -0.39 is 7.82 Å².